The van der Waals surface area contributed by atoms with Gasteiger partial charge in [0.15, 0.2) is 0 Å². The van der Waals surface area contributed by atoms with Crippen LogP contribution in [-0.4, -0.2) is 49.0 Å². The summed E-state index contributed by atoms with van der Waals surface area (Å²) in [4.78, 5) is 13.1. The van der Waals surface area contributed by atoms with Crippen LogP contribution in [0.5, 0.6) is 0 Å². The molecule has 1 rings (SSSR count). The maximum absolute atomic E-state index is 13.1. The van der Waals surface area contributed by atoms with Crippen LogP contribution in [0.15, 0.2) is 0 Å². The summed E-state index contributed by atoms with van der Waals surface area (Å²) in [6.45, 7) is 5.93. The van der Waals surface area contributed by atoms with Gasteiger partial charge in [0.2, 0.25) is 5.91 Å². The van der Waals surface area contributed by atoms with Gasteiger partial charge >= 0.3 is 0 Å². The summed E-state index contributed by atoms with van der Waals surface area (Å²) in [6, 6.07) is -0.645. The van der Waals surface area contributed by atoms with Crippen molar-refractivity contribution in [3.63, 3.8) is 0 Å². The number of hydrogen-bond acceptors (Lipinski definition) is 3. The minimum atomic E-state index is -2.74. The molecule has 124 valence electrons. The lowest BCUT2D eigenvalue weighted by atomic mass is 10.1. The summed E-state index contributed by atoms with van der Waals surface area (Å²) in [5.41, 5.74) is 5.81. The number of unbranched alkanes of at least 4 members (excludes halogenated alkanes) is 1. The molecule has 0 aromatic carbocycles. The second kappa shape index (κ2) is 8.63. The summed E-state index contributed by atoms with van der Waals surface area (Å²) < 4.78 is 26.1. The largest absolute Gasteiger partial charge is 0.335 e. The first-order chi connectivity index (χ1) is 9.85. The Labute approximate surface area is 126 Å². The Morgan fingerprint density at radius 2 is 2.14 bits per heavy atom. The standard InChI is InChI=1S/C15H29F2N3O/c1-3-12(2)10-19-8-5-4-6-13(18)14(21)20-9-7-15(16,17)11-20/h12-13,19H,3-11,18H2,1-2H3/t12?,13-/m0/s1. The van der Waals surface area contributed by atoms with Crippen LogP contribution in [0.4, 0.5) is 8.78 Å². The summed E-state index contributed by atoms with van der Waals surface area (Å²) in [5, 5.41) is 3.37. The normalized spacial score (nSPS) is 20.5. The molecule has 0 radical (unpaired) electrons. The first-order valence-corrected chi connectivity index (χ1v) is 7.98. The van der Waals surface area contributed by atoms with E-state index in [0.29, 0.717) is 12.3 Å². The first kappa shape index (κ1) is 18.3. The van der Waals surface area contributed by atoms with Crippen LogP contribution in [0.3, 0.4) is 0 Å². The van der Waals surface area contributed by atoms with E-state index >= 15 is 0 Å². The molecule has 0 aromatic heterocycles. The molecule has 1 fully saturated rings. The Morgan fingerprint density at radius 1 is 1.43 bits per heavy atom. The number of nitrogens with zero attached hydrogens (tertiary/aromatic N) is 1. The maximum atomic E-state index is 13.1. The molecule has 3 N–H and O–H groups in total. The topological polar surface area (TPSA) is 58.4 Å². The third-order valence-electron chi connectivity index (χ3n) is 4.11. The Bertz CT molecular complexity index is 326. The Morgan fingerprint density at radius 3 is 2.71 bits per heavy atom. The van der Waals surface area contributed by atoms with Gasteiger partial charge in [-0.1, -0.05) is 26.7 Å². The molecule has 1 aliphatic rings. The monoisotopic (exact) mass is 305 g/mol. The molecule has 1 unspecified atom stereocenters. The molecule has 0 aliphatic carbocycles. The van der Waals surface area contributed by atoms with E-state index in [2.05, 4.69) is 19.2 Å². The highest BCUT2D eigenvalue weighted by Gasteiger charge is 2.41. The van der Waals surface area contributed by atoms with E-state index in [-0.39, 0.29) is 18.9 Å². The fourth-order valence-electron chi connectivity index (χ4n) is 2.39. The Balaban J connectivity index is 2.11. The number of carbonyl (C=O) groups excluding carboxylic acids is 1. The van der Waals surface area contributed by atoms with Crippen LogP contribution in [0.2, 0.25) is 0 Å². The molecule has 0 saturated carbocycles. The van der Waals surface area contributed by atoms with Gasteiger partial charge in [-0.2, -0.15) is 0 Å². The summed E-state index contributed by atoms with van der Waals surface area (Å²) in [6.07, 6.45) is 3.27. The number of likely N-dealkylation sites (tertiary alicyclic amines) is 1. The van der Waals surface area contributed by atoms with Crippen molar-refractivity contribution in [3.8, 4) is 0 Å². The van der Waals surface area contributed by atoms with Crippen molar-refractivity contribution >= 4 is 5.91 Å². The van der Waals surface area contributed by atoms with Crippen molar-refractivity contribution in [1.82, 2.24) is 10.2 Å². The van der Waals surface area contributed by atoms with Crippen molar-refractivity contribution in [2.24, 2.45) is 11.7 Å². The van der Waals surface area contributed by atoms with E-state index in [1.54, 1.807) is 0 Å². The highest BCUT2D eigenvalue weighted by molar-refractivity contribution is 5.81. The fraction of sp³-hybridized carbons (Fsp3) is 0.933. The Hall–Kier alpha value is -0.750. The lowest BCUT2D eigenvalue weighted by molar-refractivity contribution is -0.133. The maximum Gasteiger partial charge on any atom is 0.267 e. The van der Waals surface area contributed by atoms with Gasteiger partial charge in [-0.15, -0.1) is 0 Å². The predicted molar refractivity (Wildman–Crippen MR) is 80.3 cm³/mol. The van der Waals surface area contributed by atoms with Crippen molar-refractivity contribution in [2.45, 2.75) is 57.9 Å². The molecule has 21 heavy (non-hydrogen) atoms. The van der Waals surface area contributed by atoms with Crippen LogP contribution in [-0.2, 0) is 4.79 Å². The molecule has 1 aliphatic heterocycles. The quantitative estimate of drug-likeness (QED) is 0.641. The second-order valence-electron chi connectivity index (χ2n) is 6.19. The fourth-order valence-corrected chi connectivity index (χ4v) is 2.39. The molecule has 0 bridgehead atoms. The highest BCUT2D eigenvalue weighted by Crippen LogP contribution is 2.27. The molecular formula is C15H29F2N3O. The number of amides is 1. The summed E-state index contributed by atoms with van der Waals surface area (Å²) in [7, 11) is 0. The van der Waals surface area contributed by atoms with Gasteiger partial charge in [-0.3, -0.25) is 4.79 Å². The molecule has 0 spiro atoms. The minimum Gasteiger partial charge on any atom is -0.335 e. The zero-order chi connectivity index (χ0) is 15.9. The number of rotatable bonds is 9. The van der Waals surface area contributed by atoms with Gasteiger partial charge in [-0.25, -0.2) is 8.78 Å². The number of nitrogens with one attached hydrogen (secondary N) is 1. The molecule has 6 heteroatoms. The van der Waals surface area contributed by atoms with Crippen molar-refractivity contribution in [3.05, 3.63) is 0 Å². The van der Waals surface area contributed by atoms with Crippen LogP contribution in [0, 0.1) is 5.92 Å². The van der Waals surface area contributed by atoms with E-state index in [1.165, 1.54) is 4.90 Å². The first-order valence-electron chi connectivity index (χ1n) is 7.98. The van der Waals surface area contributed by atoms with Crippen LogP contribution >= 0.6 is 0 Å². The average Bonchev–Trinajstić information content (AvgIpc) is 2.81. The molecule has 4 nitrogen and oxygen atoms in total. The number of carbonyl (C=O) groups is 1. The van der Waals surface area contributed by atoms with Crippen LogP contribution in [0.1, 0.15) is 46.0 Å². The van der Waals surface area contributed by atoms with Crippen molar-refractivity contribution < 1.29 is 13.6 Å². The average molecular weight is 305 g/mol. The number of nitrogens with two attached hydrogens (primary N) is 1. The zero-order valence-corrected chi connectivity index (χ0v) is 13.2. The van der Waals surface area contributed by atoms with Gasteiger partial charge in [0, 0.05) is 13.0 Å². The smallest absolute Gasteiger partial charge is 0.267 e. The van der Waals surface area contributed by atoms with Gasteiger partial charge in [-0.05, 0) is 31.8 Å². The highest BCUT2D eigenvalue weighted by atomic mass is 19.3. The van der Waals surface area contributed by atoms with E-state index in [4.69, 9.17) is 5.73 Å². The van der Waals surface area contributed by atoms with E-state index in [0.717, 1.165) is 32.4 Å². The minimum absolute atomic E-state index is 0.121. The van der Waals surface area contributed by atoms with Crippen molar-refractivity contribution in [2.75, 3.05) is 26.2 Å². The Kier molecular flexibility index (Phi) is 7.52. The van der Waals surface area contributed by atoms with Gasteiger partial charge < -0.3 is 16.0 Å². The second-order valence-corrected chi connectivity index (χ2v) is 6.19. The number of hydrogen-bond donors (Lipinski definition) is 2. The third kappa shape index (κ3) is 6.70. The molecular weight excluding hydrogens is 276 g/mol. The van der Waals surface area contributed by atoms with E-state index in [9.17, 15) is 13.6 Å². The summed E-state index contributed by atoms with van der Waals surface area (Å²) >= 11 is 0. The number of halogens is 2. The zero-order valence-electron chi connectivity index (χ0n) is 13.2. The predicted octanol–water partition coefficient (Wildman–Crippen LogP) is 1.99. The lowest BCUT2D eigenvalue weighted by Gasteiger charge is -2.20. The molecule has 1 amide bonds. The van der Waals surface area contributed by atoms with Crippen LogP contribution in [0.25, 0.3) is 0 Å². The van der Waals surface area contributed by atoms with Gasteiger partial charge in [0.1, 0.15) is 0 Å². The van der Waals surface area contributed by atoms with Gasteiger partial charge in [0.25, 0.3) is 5.92 Å². The summed E-state index contributed by atoms with van der Waals surface area (Å²) in [5.74, 6) is -2.40. The van der Waals surface area contributed by atoms with E-state index in [1.807, 2.05) is 0 Å². The third-order valence-corrected chi connectivity index (χ3v) is 4.11. The SMILES string of the molecule is CCC(C)CNCCCC[C@H](N)C(=O)N1CCC(F)(F)C1. The van der Waals surface area contributed by atoms with E-state index < -0.39 is 18.5 Å². The molecule has 1 saturated heterocycles. The molecule has 2 atom stereocenters. The van der Waals surface area contributed by atoms with Gasteiger partial charge in [0.05, 0.1) is 12.6 Å². The van der Waals surface area contributed by atoms with Crippen LogP contribution < -0.4 is 11.1 Å². The number of alkyl halides is 2. The molecule has 0 aromatic rings. The van der Waals surface area contributed by atoms with Crippen molar-refractivity contribution in [1.29, 1.82) is 0 Å². The lowest BCUT2D eigenvalue weighted by Crippen LogP contribution is -2.43. The molecule has 1 heterocycles.